The summed E-state index contributed by atoms with van der Waals surface area (Å²) in [6, 6.07) is 14.4. The summed E-state index contributed by atoms with van der Waals surface area (Å²) in [6.07, 6.45) is 0.525. The van der Waals surface area contributed by atoms with E-state index in [4.69, 9.17) is 20.9 Å². The Labute approximate surface area is 181 Å². The van der Waals surface area contributed by atoms with Crippen molar-refractivity contribution in [2.24, 2.45) is 0 Å². The van der Waals surface area contributed by atoms with Crippen LogP contribution in [0, 0.1) is 0 Å². The highest BCUT2D eigenvalue weighted by Crippen LogP contribution is 2.25. The number of nitrogens with zero attached hydrogens (tertiary/aromatic N) is 3. The Kier molecular flexibility index (Phi) is 6.36. The zero-order valence-electron chi connectivity index (χ0n) is 15.7. The van der Waals surface area contributed by atoms with Gasteiger partial charge in [-0.2, -0.15) is 4.98 Å². The van der Waals surface area contributed by atoms with Crippen molar-refractivity contribution in [1.29, 1.82) is 0 Å². The Balaban J connectivity index is 1.33. The topological polar surface area (TPSA) is 90.1 Å². The average molecular weight is 441 g/mol. The van der Waals surface area contributed by atoms with Gasteiger partial charge in [0.15, 0.2) is 0 Å². The standard InChI is InChI=1S/C21H17ClN4O3S/c22-15-7-5-14(6-8-15)21-25-20(29-26-21)10-9-19(27)24-17-3-1-2-4-18(17)28-11-16-12-30-13-23-16/h1-8,12-13H,9-11H2,(H,24,27). The predicted molar refractivity (Wildman–Crippen MR) is 115 cm³/mol. The van der Waals surface area contributed by atoms with Crippen LogP contribution >= 0.6 is 22.9 Å². The molecule has 0 unspecified atom stereocenters. The van der Waals surface area contributed by atoms with Gasteiger partial charge in [-0.05, 0) is 36.4 Å². The van der Waals surface area contributed by atoms with Crippen molar-refractivity contribution >= 4 is 34.5 Å². The monoisotopic (exact) mass is 440 g/mol. The van der Waals surface area contributed by atoms with Gasteiger partial charge in [0, 0.05) is 28.8 Å². The van der Waals surface area contributed by atoms with Gasteiger partial charge in [-0.1, -0.05) is 28.9 Å². The van der Waals surface area contributed by atoms with Crippen LogP contribution in [0.5, 0.6) is 5.75 Å². The maximum absolute atomic E-state index is 12.4. The van der Waals surface area contributed by atoms with Crippen LogP contribution in [0.2, 0.25) is 5.02 Å². The van der Waals surface area contributed by atoms with Crippen LogP contribution in [-0.2, 0) is 17.8 Å². The summed E-state index contributed by atoms with van der Waals surface area (Å²) in [5.74, 6) is 1.26. The molecule has 2 aromatic heterocycles. The molecule has 1 amide bonds. The Morgan fingerprint density at radius 1 is 1.17 bits per heavy atom. The van der Waals surface area contributed by atoms with Crippen LogP contribution < -0.4 is 10.1 Å². The lowest BCUT2D eigenvalue weighted by Crippen LogP contribution is -2.13. The van der Waals surface area contributed by atoms with E-state index in [0.717, 1.165) is 11.3 Å². The molecule has 0 atom stereocenters. The van der Waals surface area contributed by atoms with Crippen molar-refractivity contribution in [1.82, 2.24) is 15.1 Å². The largest absolute Gasteiger partial charge is 0.485 e. The van der Waals surface area contributed by atoms with Crippen molar-refractivity contribution in [3.63, 3.8) is 0 Å². The summed E-state index contributed by atoms with van der Waals surface area (Å²) in [4.78, 5) is 20.9. The van der Waals surface area contributed by atoms with Gasteiger partial charge in [0.05, 0.1) is 16.9 Å². The second-order valence-electron chi connectivity index (χ2n) is 6.33. The second-order valence-corrected chi connectivity index (χ2v) is 7.49. The SMILES string of the molecule is O=C(CCc1nc(-c2ccc(Cl)cc2)no1)Nc1ccccc1OCc1cscn1. The Bertz CT molecular complexity index is 1110. The highest BCUT2D eigenvalue weighted by molar-refractivity contribution is 7.07. The first-order valence-electron chi connectivity index (χ1n) is 9.14. The van der Waals surface area contributed by atoms with Gasteiger partial charge in [-0.15, -0.1) is 11.3 Å². The normalized spacial score (nSPS) is 10.7. The molecule has 0 aliphatic carbocycles. The summed E-state index contributed by atoms with van der Waals surface area (Å²) >= 11 is 7.40. The summed E-state index contributed by atoms with van der Waals surface area (Å²) in [5, 5.41) is 9.38. The minimum Gasteiger partial charge on any atom is -0.485 e. The zero-order valence-corrected chi connectivity index (χ0v) is 17.3. The van der Waals surface area contributed by atoms with Crippen molar-refractivity contribution in [2.75, 3.05) is 5.32 Å². The summed E-state index contributed by atoms with van der Waals surface area (Å²) in [6.45, 7) is 0.339. The molecule has 0 saturated heterocycles. The van der Waals surface area contributed by atoms with Crippen molar-refractivity contribution in [3.05, 3.63) is 76.0 Å². The molecule has 0 aliphatic heterocycles. The first kappa shape index (κ1) is 20.1. The number of aromatic nitrogens is 3. The second kappa shape index (κ2) is 9.51. The van der Waals surface area contributed by atoms with Crippen LogP contribution in [0.3, 0.4) is 0 Å². The predicted octanol–water partition coefficient (Wildman–Crippen LogP) is 5.00. The lowest BCUT2D eigenvalue weighted by molar-refractivity contribution is -0.116. The third kappa shape index (κ3) is 5.22. The number of carbonyl (C=O) groups is 1. The van der Waals surface area contributed by atoms with Gasteiger partial charge in [0.25, 0.3) is 0 Å². The highest BCUT2D eigenvalue weighted by Gasteiger charge is 2.12. The third-order valence-electron chi connectivity index (χ3n) is 4.16. The number of nitrogens with one attached hydrogen (secondary N) is 1. The molecule has 0 radical (unpaired) electrons. The van der Waals surface area contributed by atoms with E-state index in [1.54, 1.807) is 29.8 Å². The van der Waals surface area contributed by atoms with E-state index in [1.807, 2.05) is 29.6 Å². The molecule has 2 aromatic carbocycles. The smallest absolute Gasteiger partial charge is 0.227 e. The quantitative estimate of drug-likeness (QED) is 0.414. The molecular weight excluding hydrogens is 424 g/mol. The molecule has 0 aliphatic rings. The van der Waals surface area contributed by atoms with E-state index in [-0.39, 0.29) is 12.3 Å². The lowest BCUT2D eigenvalue weighted by atomic mass is 10.2. The molecule has 152 valence electrons. The number of para-hydroxylation sites is 2. The maximum Gasteiger partial charge on any atom is 0.227 e. The van der Waals surface area contributed by atoms with Crippen molar-refractivity contribution < 1.29 is 14.1 Å². The molecule has 9 heteroatoms. The van der Waals surface area contributed by atoms with Crippen LogP contribution in [0.4, 0.5) is 5.69 Å². The first-order chi connectivity index (χ1) is 14.7. The first-order valence-corrected chi connectivity index (χ1v) is 10.5. The molecule has 0 bridgehead atoms. The van der Waals surface area contributed by atoms with Gasteiger partial charge < -0.3 is 14.6 Å². The fourth-order valence-corrected chi connectivity index (χ4v) is 3.33. The fourth-order valence-electron chi connectivity index (χ4n) is 2.66. The number of hydrogen-bond acceptors (Lipinski definition) is 7. The number of benzene rings is 2. The van der Waals surface area contributed by atoms with E-state index in [9.17, 15) is 4.79 Å². The minimum absolute atomic E-state index is 0.175. The summed E-state index contributed by atoms with van der Waals surface area (Å²) < 4.78 is 11.0. The lowest BCUT2D eigenvalue weighted by Gasteiger charge is -2.11. The number of thiazole rings is 1. The maximum atomic E-state index is 12.4. The van der Waals surface area contributed by atoms with E-state index in [2.05, 4.69) is 20.4 Å². The molecule has 2 heterocycles. The average Bonchev–Trinajstić information content (AvgIpc) is 3.44. The number of halogens is 1. The molecule has 0 saturated carbocycles. The molecule has 30 heavy (non-hydrogen) atoms. The highest BCUT2D eigenvalue weighted by atomic mass is 35.5. The third-order valence-corrected chi connectivity index (χ3v) is 5.04. The van der Waals surface area contributed by atoms with Crippen molar-refractivity contribution in [3.8, 4) is 17.1 Å². The molecule has 0 spiro atoms. The summed E-state index contributed by atoms with van der Waals surface area (Å²) in [5.41, 5.74) is 3.99. The Morgan fingerprint density at radius 2 is 2.00 bits per heavy atom. The van der Waals surface area contributed by atoms with Gasteiger partial charge in [-0.3, -0.25) is 4.79 Å². The van der Waals surface area contributed by atoms with Crippen molar-refractivity contribution in [2.45, 2.75) is 19.4 Å². The zero-order chi connectivity index (χ0) is 20.8. The number of carbonyl (C=O) groups excluding carboxylic acids is 1. The van der Waals surface area contributed by atoms with E-state index in [1.165, 1.54) is 11.3 Å². The van der Waals surface area contributed by atoms with Crippen LogP contribution in [0.15, 0.2) is 63.9 Å². The number of rotatable bonds is 8. The van der Waals surface area contributed by atoms with E-state index < -0.39 is 0 Å². The van der Waals surface area contributed by atoms with E-state index >= 15 is 0 Å². The van der Waals surface area contributed by atoms with Crippen LogP contribution in [0.1, 0.15) is 18.0 Å². The number of ether oxygens (including phenoxy) is 1. The number of anilines is 1. The summed E-state index contributed by atoms with van der Waals surface area (Å²) in [7, 11) is 0. The molecular formula is C21H17ClN4O3S. The Hall–Kier alpha value is -3.23. The van der Waals surface area contributed by atoms with Gasteiger partial charge in [-0.25, -0.2) is 4.98 Å². The van der Waals surface area contributed by atoms with Gasteiger partial charge >= 0.3 is 0 Å². The number of aryl methyl sites for hydroxylation is 1. The molecule has 4 aromatic rings. The minimum atomic E-state index is -0.175. The number of hydrogen-bond donors (Lipinski definition) is 1. The van der Waals surface area contributed by atoms with Gasteiger partial charge in [0.2, 0.25) is 17.6 Å². The molecule has 0 fully saturated rings. The number of amides is 1. The molecule has 4 rings (SSSR count). The van der Waals surface area contributed by atoms with Gasteiger partial charge in [0.1, 0.15) is 12.4 Å². The van der Waals surface area contributed by atoms with Crippen LogP contribution in [0.25, 0.3) is 11.4 Å². The molecule has 7 nitrogen and oxygen atoms in total. The fraction of sp³-hybridized carbons (Fsp3) is 0.143. The van der Waals surface area contributed by atoms with E-state index in [0.29, 0.717) is 41.2 Å². The van der Waals surface area contributed by atoms with Crippen LogP contribution in [-0.4, -0.2) is 21.0 Å². The Morgan fingerprint density at radius 3 is 2.80 bits per heavy atom. The molecule has 1 N–H and O–H groups in total.